The van der Waals surface area contributed by atoms with Crippen molar-refractivity contribution in [1.82, 2.24) is 9.55 Å². The molecule has 0 amide bonds. The number of carbonyl (C=O) groups excluding carboxylic acids is 1. The molecule has 0 aliphatic heterocycles. The highest BCUT2D eigenvalue weighted by Gasteiger charge is 2.24. The summed E-state index contributed by atoms with van der Waals surface area (Å²) in [6.07, 6.45) is 20.8. The highest BCUT2D eigenvalue weighted by Crippen LogP contribution is 2.48. The summed E-state index contributed by atoms with van der Waals surface area (Å²) >= 11 is 0. The van der Waals surface area contributed by atoms with Gasteiger partial charge in [0.1, 0.15) is 0 Å². The van der Waals surface area contributed by atoms with Crippen LogP contribution in [0.4, 0.5) is 9.18 Å². The van der Waals surface area contributed by atoms with Crippen LogP contribution in [0.25, 0.3) is 0 Å². The molecule has 13 heteroatoms. The van der Waals surface area contributed by atoms with E-state index in [1.165, 1.54) is 89.2 Å². The Morgan fingerprint density at radius 3 is 2.04 bits per heavy atom. The van der Waals surface area contributed by atoms with Crippen LogP contribution in [-0.2, 0) is 34.4 Å². The van der Waals surface area contributed by atoms with Crippen molar-refractivity contribution in [2.75, 3.05) is 32.8 Å². The Hall–Kier alpha value is -2.27. The molecule has 0 saturated heterocycles. The first-order chi connectivity index (χ1) is 21.7. The molecule has 1 aromatic heterocycles. The summed E-state index contributed by atoms with van der Waals surface area (Å²) in [6, 6.07) is 0. The Balaban J connectivity index is 2.26. The number of aromatic nitrogens is 2. The third-order valence-electron chi connectivity index (χ3n) is 6.89. The van der Waals surface area contributed by atoms with Gasteiger partial charge in [0, 0.05) is 19.8 Å². The Bertz CT molecular complexity index is 1110. The number of hydrogen-bond acceptors (Lipinski definition) is 9. The van der Waals surface area contributed by atoms with Gasteiger partial charge in [-0.1, -0.05) is 103 Å². The molecule has 0 spiro atoms. The minimum Gasteiger partial charge on any atom is -0.432 e. The van der Waals surface area contributed by atoms with Crippen LogP contribution in [0.2, 0.25) is 0 Å². The van der Waals surface area contributed by atoms with Crippen LogP contribution in [0.1, 0.15) is 117 Å². The first kappa shape index (κ1) is 40.8. The van der Waals surface area contributed by atoms with Crippen LogP contribution in [-0.4, -0.2) is 54.6 Å². The third kappa shape index (κ3) is 22.0. The number of hydrogen-bond donors (Lipinski definition) is 1. The molecule has 45 heavy (non-hydrogen) atoms. The van der Waals surface area contributed by atoms with Crippen molar-refractivity contribution in [3.05, 3.63) is 45.0 Å². The van der Waals surface area contributed by atoms with E-state index in [2.05, 4.69) is 6.92 Å². The number of aromatic amines is 1. The van der Waals surface area contributed by atoms with Gasteiger partial charge in [-0.05, 0) is 26.7 Å². The summed E-state index contributed by atoms with van der Waals surface area (Å²) in [5, 5.41) is 0. The van der Waals surface area contributed by atoms with Gasteiger partial charge in [-0.15, -0.1) is 0 Å². The van der Waals surface area contributed by atoms with Gasteiger partial charge in [0.25, 0.3) is 5.56 Å². The van der Waals surface area contributed by atoms with Crippen molar-refractivity contribution in [2.24, 2.45) is 0 Å². The maximum atomic E-state index is 13.5. The van der Waals surface area contributed by atoms with E-state index in [9.17, 15) is 23.3 Å². The molecule has 0 saturated carbocycles. The molecule has 0 aliphatic carbocycles. The molecular weight excluding hydrogens is 606 g/mol. The summed E-state index contributed by atoms with van der Waals surface area (Å²) in [5.41, 5.74) is -1.89. The second kappa shape index (κ2) is 25.9. The average Bonchev–Trinajstić information content (AvgIpc) is 2.98. The number of nitrogens with one attached hydrogen (secondary N) is 1. The summed E-state index contributed by atoms with van der Waals surface area (Å²) in [6.45, 7) is 6.02. The molecule has 0 fully saturated rings. The summed E-state index contributed by atoms with van der Waals surface area (Å²) < 4.78 is 53.8. The van der Waals surface area contributed by atoms with Crippen molar-refractivity contribution in [2.45, 2.75) is 130 Å². The number of halogens is 1. The lowest BCUT2D eigenvalue weighted by atomic mass is 10.0. The molecule has 260 valence electrons. The van der Waals surface area contributed by atoms with E-state index in [1.54, 1.807) is 13.8 Å². The molecule has 1 atom stereocenters. The van der Waals surface area contributed by atoms with E-state index < -0.39 is 43.7 Å². The first-order valence-electron chi connectivity index (χ1n) is 16.6. The number of rotatable bonds is 28. The maximum Gasteiger partial charge on any atom is 0.510 e. The Labute approximate surface area is 267 Å². The fraction of sp³-hybridized carbons (Fsp3) is 0.781. The Morgan fingerprint density at radius 2 is 1.44 bits per heavy atom. The molecule has 1 rings (SSSR count). The Morgan fingerprint density at radius 1 is 0.867 bits per heavy atom. The molecule has 1 aromatic rings. The van der Waals surface area contributed by atoms with Crippen LogP contribution in [0, 0.1) is 5.82 Å². The van der Waals surface area contributed by atoms with Gasteiger partial charge in [0.05, 0.1) is 25.1 Å². The van der Waals surface area contributed by atoms with Crippen LogP contribution in [0.3, 0.4) is 0 Å². The standard InChI is InChI=1S/C32H56FN2O9P/c1-4-5-6-7-8-9-10-11-12-13-14-15-16-18-22-40-23-20-24-42-45(39,43-27-41-32(38)44-28(2)3)25-19-17-21-35-26-29(33)30(36)34-31(35)37/h17,19,26,28H,4-16,18,20-25,27H2,1-3H3,(H,34,36,37)/b19-17+. The monoisotopic (exact) mass is 662 g/mol. The van der Waals surface area contributed by atoms with Gasteiger partial charge < -0.3 is 18.7 Å². The lowest BCUT2D eigenvalue weighted by Crippen LogP contribution is -2.31. The third-order valence-corrected chi connectivity index (χ3v) is 8.62. The van der Waals surface area contributed by atoms with E-state index in [4.69, 9.17) is 23.3 Å². The second-order valence-electron chi connectivity index (χ2n) is 11.4. The topological polar surface area (TPSA) is 135 Å². The van der Waals surface area contributed by atoms with Crippen molar-refractivity contribution in [1.29, 1.82) is 0 Å². The van der Waals surface area contributed by atoms with E-state index in [0.29, 0.717) is 19.6 Å². The minimum atomic E-state index is -3.75. The zero-order valence-electron chi connectivity index (χ0n) is 27.6. The molecule has 1 unspecified atom stereocenters. The first-order valence-corrected chi connectivity index (χ1v) is 18.3. The number of ether oxygens (including phenoxy) is 3. The zero-order valence-corrected chi connectivity index (χ0v) is 28.5. The van der Waals surface area contributed by atoms with E-state index >= 15 is 0 Å². The molecule has 0 radical (unpaired) electrons. The van der Waals surface area contributed by atoms with Crippen LogP contribution >= 0.6 is 7.60 Å². The predicted molar refractivity (Wildman–Crippen MR) is 173 cm³/mol. The van der Waals surface area contributed by atoms with Gasteiger partial charge in [0.15, 0.2) is 0 Å². The summed E-state index contributed by atoms with van der Waals surface area (Å²) in [5.74, 6) is -1.10. The maximum absolute atomic E-state index is 13.5. The van der Waals surface area contributed by atoms with Gasteiger partial charge in [0.2, 0.25) is 12.6 Å². The van der Waals surface area contributed by atoms with Gasteiger partial charge in [-0.3, -0.25) is 23.4 Å². The number of nitrogens with zero attached hydrogens (tertiary/aromatic N) is 1. The molecule has 0 bridgehead atoms. The predicted octanol–water partition coefficient (Wildman–Crippen LogP) is 7.87. The second-order valence-corrected chi connectivity index (χ2v) is 13.5. The van der Waals surface area contributed by atoms with Crippen molar-refractivity contribution < 1.29 is 37.0 Å². The normalized spacial score (nSPS) is 13.0. The SMILES string of the molecule is CCCCCCCCCCCCCCCCOCCCOP(=O)(C/C=C/Cn1cc(F)c(=O)[nH]c1=O)OCOC(=O)OC(C)C. The fourth-order valence-corrected chi connectivity index (χ4v) is 5.71. The van der Waals surface area contributed by atoms with Crippen molar-refractivity contribution >= 4 is 13.8 Å². The number of allylic oxidation sites excluding steroid dienone is 2. The smallest absolute Gasteiger partial charge is 0.432 e. The molecule has 0 aromatic carbocycles. The minimum absolute atomic E-state index is 0.0865. The summed E-state index contributed by atoms with van der Waals surface area (Å²) in [4.78, 5) is 36.4. The van der Waals surface area contributed by atoms with Crippen molar-refractivity contribution in [3.8, 4) is 0 Å². The quantitative estimate of drug-likeness (QED) is 0.0313. The zero-order chi connectivity index (χ0) is 33.2. The van der Waals surface area contributed by atoms with Crippen molar-refractivity contribution in [3.63, 3.8) is 0 Å². The lowest BCUT2D eigenvalue weighted by molar-refractivity contribution is -0.0130. The number of unbranched alkanes of at least 4 members (excludes halogenated alkanes) is 13. The fourth-order valence-electron chi connectivity index (χ4n) is 4.40. The van der Waals surface area contributed by atoms with E-state index in [-0.39, 0.29) is 19.3 Å². The van der Waals surface area contributed by atoms with E-state index in [1.807, 2.05) is 4.98 Å². The molecule has 1 heterocycles. The Kier molecular flexibility index (Phi) is 23.4. The lowest BCUT2D eigenvalue weighted by Gasteiger charge is -2.17. The highest BCUT2D eigenvalue weighted by atomic mass is 31.2. The molecule has 0 aliphatic rings. The van der Waals surface area contributed by atoms with Gasteiger partial charge in [-0.2, -0.15) is 4.39 Å². The van der Waals surface area contributed by atoms with Crippen LogP contribution < -0.4 is 11.2 Å². The highest BCUT2D eigenvalue weighted by molar-refractivity contribution is 7.54. The molecular formula is C32H56FN2O9P. The van der Waals surface area contributed by atoms with Gasteiger partial charge >= 0.3 is 19.4 Å². The van der Waals surface area contributed by atoms with Crippen LogP contribution in [0.15, 0.2) is 27.9 Å². The molecule has 11 nitrogen and oxygen atoms in total. The van der Waals surface area contributed by atoms with Crippen LogP contribution in [0.5, 0.6) is 0 Å². The average molecular weight is 663 g/mol. The largest absolute Gasteiger partial charge is 0.510 e. The number of carbonyl (C=O) groups is 1. The van der Waals surface area contributed by atoms with E-state index in [0.717, 1.165) is 23.6 Å². The van der Waals surface area contributed by atoms with Gasteiger partial charge in [-0.25, -0.2) is 9.59 Å². The summed E-state index contributed by atoms with van der Waals surface area (Å²) in [7, 11) is -3.75. The molecule has 1 N–H and O–H groups in total. The number of H-pyrrole nitrogens is 1.